The van der Waals surface area contributed by atoms with Crippen LogP contribution < -0.4 is 0 Å². The maximum atomic E-state index is 6.53. The Labute approximate surface area is 152 Å². The maximum absolute atomic E-state index is 6.53. The SMILES string of the molecule is CC1Cc2sc(Cl)cc2C2(CCN(Cc3cnn(C)c3)[C@@H](C)C2)O1. The van der Waals surface area contributed by atoms with E-state index in [-0.39, 0.29) is 11.7 Å². The molecule has 6 heteroatoms. The molecule has 24 heavy (non-hydrogen) atoms. The highest BCUT2D eigenvalue weighted by molar-refractivity contribution is 7.16. The minimum absolute atomic E-state index is 0.151. The van der Waals surface area contributed by atoms with Crippen LogP contribution in [0.4, 0.5) is 0 Å². The van der Waals surface area contributed by atoms with Gasteiger partial charge < -0.3 is 4.74 Å². The molecule has 2 aromatic heterocycles. The van der Waals surface area contributed by atoms with Crippen LogP contribution >= 0.6 is 22.9 Å². The van der Waals surface area contributed by atoms with Crippen molar-refractivity contribution in [2.24, 2.45) is 7.05 Å². The fourth-order valence-electron chi connectivity index (χ4n) is 4.31. The van der Waals surface area contributed by atoms with Gasteiger partial charge in [-0.3, -0.25) is 9.58 Å². The molecule has 0 saturated carbocycles. The molecule has 0 amide bonds. The minimum atomic E-state index is -0.151. The zero-order valence-electron chi connectivity index (χ0n) is 14.5. The van der Waals surface area contributed by atoms with Gasteiger partial charge in [0.1, 0.15) is 0 Å². The number of rotatable bonds is 2. The molecule has 1 spiro atoms. The number of aromatic nitrogens is 2. The molecule has 0 aromatic carbocycles. The summed E-state index contributed by atoms with van der Waals surface area (Å²) in [5, 5.41) is 4.28. The van der Waals surface area contributed by atoms with Gasteiger partial charge in [-0.15, -0.1) is 11.3 Å². The quantitative estimate of drug-likeness (QED) is 0.806. The van der Waals surface area contributed by atoms with Crippen molar-refractivity contribution in [3.05, 3.63) is 38.8 Å². The number of fused-ring (bicyclic) bond motifs is 2. The number of likely N-dealkylation sites (tertiary alicyclic amines) is 1. The lowest BCUT2D eigenvalue weighted by Crippen LogP contribution is -2.51. The van der Waals surface area contributed by atoms with Crippen LogP contribution in [0, 0.1) is 0 Å². The van der Waals surface area contributed by atoms with Gasteiger partial charge in [0.15, 0.2) is 0 Å². The van der Waals surface area contributed by atoms with Crippen LogP contribution in [0.2, 0.25) is 4.34 Å². The van der Waals surface area contributed by atoms with E-state index in [0.29, 0.717) is 6.04 Å². The molecule has 4 nitrogen and oxygen atoms in total. The molecule has 0 N–H and O–H groups in total. The standard InChI is InChI=1S/C18H24ClN3OS/c1-12-8-18(4-5-22(12)11-14-9-20-21(3)10-14)15-7-17(19)24-16(15)6-13(2)23-18/h7,9-10,12-13H,4-6,8,11H2,1-3H3/t12-,13?,18?/m0/s1. The van der Waals surface area contributed by atoms with Gasteiger partial charge in [-0.25, -0.2) is 0 Å². The summed E-state index contributed by atoms with van der Waals surface area (Å²) in [6.45, 7) is 6.49. The van der Waals surface area contributed by atoms with E-state index < -0.39 is 0 Å². The first kappa shape index (κ1) is 16.6. The van der Waals surface area contributed by atoms with Gasteiger partial charge in [-0.1, -0.05) is 11.6 Å². The molecule has 130 valence electrons. The van der Waals surface area contributed by atoms with Crippen molar-refractivity contribution in [1.82, 2.24) is 14.7 Å². The Balaban J connectivity index is 1.55. The molecule has 4 rings (SSSR count). The van der Waals surface area contributed by atoms with E-state index in [1.165, 1.54) is 16.0 Å². The second kappa shape index (κ2) is 6.13. The van der Waals surface area contributed by atoms with Crippen molar-refractivity contribution in [1.29, 1.82) is 0 Å². The van der Waals surface area contributed by atoms with E-state index in [4.69, 9.17) is 16.3 Å². The van der Waals surface area contributed by atoms with Crippen LogP contribution in [0.15, 0.2) is 18.5 Å². The number of thiophene rings is 1. The Hall–Kier alpha value is -0.880. The molecule has 2 aromatic rings. The van der Waals surface area contributed by atoms with E-state index in [1.807, 2.05) is 17.9 Å². The molecule has 3 atom stereocenters. The number of hydrogen-bond donors (Lipinski definition) is 0. The van der Waals surface area contributed by atoms with Crippen molar-refractivity contribution in [3.8, 4) is 0 Å². The molecule has 2 aliphatic rings. The van der Waals surface area contributed by atoms with Crippen molar-refractivity contribution < 1.29 is 4.74 Å². The molecular weight excluding hydrogens is 342 g/mol. The topological polar surface area (TPSA) is 30.3 Å². The zero-order chi connectivity index (χ0) is 16.9. The third-order valence-electron chi connectivity index (χ3n) is 5.36. The van der Waals surface area contributed by atoms with Gasteiger partial charge >= 0.3 is 0 Å². The predicted molar refractivity (Wildman–Crippen MR) is 97.6 cm³/mol. The third-order valence-corrected chi connectivity index (χ3v) is 6.65. The monoisotopic (exact) mass is 365 g/mol. The molecule has 0 radical (unpaired) electrons. The van der Waals surface area contributed by atoms with Crippen molar-refractivity contribution >= 4 is 22.9 Å². The smallest absolute Gasteiger partial charge is 0.0973 e. The van der Waals surface area contributed by atoms with Crippen LogP contribution in [0.5, 0.6) is 0 Å². The van der Waals surface area contributed by atoms with Crippen LogP contribution in [-0.4, -0.2) is 33.4 Å². The van der Waals surface area contributed by atoms with Crippen LogP contribution in [-0.2, 0) is 30.4 Å². The summed E-state index contributed by atoms with van der Waals surface area (Å²) in [6, 6.07) is 2.62. The highest BCUT2D eigenvalue weighted by Gasteiger charge is 2.46. The first-order valence-corrected chi connectivity index (χ1v) is 9.83. The summed E-state index contributed by atoms with van der Waals surface area (Å²) in [5.41, 5.74) is 2.47. The lowest BCUT2D eigenvalue weighted by atomic mass is 9.78. The summed E-state index contributed by atoms with van der Waals surface area (Å²) in [6.07, 6.45) is 7.38. The molecule has 0 aliphatic carbocycles. The summed E-state index contributed by atoms with van der Waals surface area (Å²) in [4.78, 5) is 3.96. The van der Waals surface area contributed by atoms with E-state index in [2.05, 4.69) is 36.1 Å². The Morgan fingerprint density at radius 2 is 2.29 bits per heavy atom. The Morgan fingerprint density at radius 3 is 3.00 bits per heavy atom. The zero-order valence-corrected chi connectivity index (χ0v) is 16.0. The van der Waals surface area contributed by atoms with Crippen molar-refractivity contribution in [3.63, 3.8) is 0 Å². The van der Waals surface area contributed by atoms with E-state index in [9.17, 15) is 0 Å². The number of halogens is 1. The second-order valence-electron chi connectivity index (χ2n) is 7.31. The first-order valence-electron chi connectivity index (χ1n) is 8.63. The van der Waals surface area contributed by atoms with Gasteiger partial charge in [0.05, 0.1) is 22.2 Å². The first-order chi connectivity index (χ1) is 11.4. The molecular formula is C18H24ClN3OS. The summed E-state index contributed by atoms with van der Waals surface area (Å²) in [7, 11) is 1.97. The van der Waals surface area contributed by atoms with Crippen LogP contribution in [0.3, 0.4) is 0 Å². The Kier molecular flexibility index (Phi) is 4.23. The molecule has 1 fully saturated rings. The molecule has 2 unspecified atom stereocenters. The van der Waals surface area contributed by atoms with Crippen LogP contribution in [0.1, 0.15) is 42.7 Å². The second-order valence-corrected chi connectivity index (χ2v) is 9.08. The summed E-state index contributed by atoms with van der Waals surface area (Å²) < 4.78 is 9.30. The van der Waals surface area contributed by atoms with Gasteiger partial charge in [-0.05, 0) is 38.3 Å². The van der Waals surface area contributed by atoms with E-state index >= 15 is 0 Å². The molecule has 1 saturated heterocycles. The fraction of sp³-hybridized carbons (Fsp3) is 0.611. The van der Waals surface area contributed by atoms with Crippen molar-refractivity contribution in [2.45, 2.75) is 57.4 Å². The van der Waals surface area contributed by atoms with Gasteiger partial charge in [0.2, 0.25) is 0 Å². The highest BCUT2D eigenvalue weighted by Crippen LogP contribution is 2.48. The maximum Gasteiger partial charge on any atom is 0.0973 e. The third kappa shape index (κ3) is 2.92. The summed E-state index contributed by atoms with van der Waals surface area (Å²) in [5.74, 6) is 0. The fourth-order valence-corrected chi connectivity index (χ4v) is 5.79. The lowest BCUT2D eigenvalue weighted by molar-refractivity contribution is -0.144. The Bertz CT molecular complexity index is 742. The van der Waals surface area contributed by atoms with Gasteiger partial charge in [0.25, 0.3) is 0 Å². The number of nitrogens with zero attached hydrogens (tertiary/aromatic N) is 3. The average Bonchev–Trinajstić information content (AvgIpc) is 3.08. The minimum Gasteiger partial charge on any atom is -0.367 e. The van der Waals surface area contributed by atoms with Crippen LogP contribution in [0.25, 0.3) is 0 Å². The van der Waals surface area contributed by atoms with Gasteiger partial charge in [0, 0.05) is 49.2 Å². The predicted octanol–water partition coefficient (Wildman–Crippen LogP) is 3.98. The van der Waals surface area contributed by atoms with E-state index in [0.717, 1.165) is 36.7 Å². The highest BCUT2D eigenvalue weighted by atomic mass is 35.5. The Morgan fingerprint density at radius 1 is 1.46 bits per heavy atom. The average molecular weight is 366 g/mol. The number of piperidine rings is 1. The molecule has 4 heterocycles. The van der Waals surface area contributed by atoms with Gasteiger partial charge in [-0.2, -0.15) is 5.10 Å². The lowest BCUT2D eigenvalue weighted by Gasteiger charge is -2.48. The summed E-state index contributed by atoms with van der Waals surface area (Å²) >= 11 is 8.05. The number of aryl methyl sites for hydroxylation is 1. The van der Waals surface area contributed by atoms with E-state index in [1.54, 1.807) is 11.3 Å². The number of ether oxygens (including phenoxy) is 1. The molecule has 2 aliphatic heterocycles. The van der Waals surface area contributed by atoms with Crippen molar-refractivity contribution in [2.75, 3.05) is 6.54 Å². The largest absolute Gasteiger partial charge is 0.367 e. The normalized spacial score (nSPS) is 30.7. The number of hydrogen-bond acceptors (Lipinski definition) is 4. The molecule has 0 bridgehead atoms.